The SMILES string of the molecule is C=CC[C@]1(CO)CCCN(CCCC(=O)O)C1. The molecule has 98 valence electrons. The number of carbonyl (C=O) groups is 1. The van der Waals surface area contributed by atoms with Gasteiger partial charge in [0.1, 0.15) is 0 Å². The lowest BCUT2D eigenvalue weighted by molar-refractivity contribution is -0.137. The Kier molecular flexibility index (Phi) is 5.65. The van der Waals surface area contributed by atoms with E-state index in [0.29, 0.717) is 6.42 Å². The average Bonchev–Trinajstić information content (AvgIpc) is 2.29. The first kappa shape index (κ1) is 14.2. The van der Waals surface area contributed by atoms with Crippen LogP contribution < -0.4 is 0 Å². The van der Waals surface area contributed by atoms with Gasteiger partial charge in [-0.1, -0.05) is 6.08 Å². The van der Waals surface area contributed by atoms with Crippen molar-refractivity contribution in [2.24, 2.45) is 5.41 Å². The van der Waals surface area contributed by atoms with Crippen molar-refractivity contribution >= 4 is 5.97 Å². The van der Waals surface area contributed by atoms with Crippen molar-refractivity contribution in [2.75, 3.05) is 26.2 Å². The fourth-order valence-electron chi connectivity index (χ4n) is 2.62. The van der Waals surface area contributed by atoms with Crippen LogP contribution in [0.4, 0.5) is 0 Å². The Hall–Kier alpha value is -0.870. The summed E-state index contributed by atoms with van der Waals surface area (Å²) in [7, 11) is 0. The maximum absolute atomic E-state index is 10.5. The predicted octanol–water partition coefficient (Wildman–Crippen LogP) is 1.50. The number of hydrogen-bond acceptors (Lipinski definition) is 3. The van der Waals surface area contributed by atoms with Crippen LogP contribution in [-0.2, 0) is 4.79 Å². The molecule has 0 aliphatic carbocycles. The third-order valence-corrected chi connectivity index (χ3v) is 3.52. The largest absolute Gasteiger partial charge is 0.481 e. The van der Waals surface area contributed by atoms with Gasteiger partial charge in [-0.25, -0.2) is 0 Å². The normalized spacial score (nSPS) is 25.7. The Labute approximate surface area is 103 Å². The number of aliphatic hydroxyl groups is 1. The molecule has 0 bridgehead atoms. The van der Waals surface area contributed by atoms with Gasteiger partial charge in [-0.2, -0.15) is 0 Å². The van der Waals surface area contributed by atoms with Crippen LogP contribution in [0.5, 0.6) is 0 Å². The molecule has 4 heteroatoms. The van der Waals surface area contributed by atoms with E-state index in [2.05, 4.69) is 11.5 Å². The highest BCUT2D eigenvalue weighted by Gasteiger charge is 2.33. The van der Waals surface area contributed by atoms with Gasteiger partial charge in [0.2, 0.25) is 0 Å². The highest BCUT2D eigenvalue weighted by Crippen LogP contribution is 2.33. The molecule has 1 heterocycles. The number of hydrogen-bond donors (Lipinski definition) is 2. The Balaban J connectivity index is 2.41. The third-order valence-electron chi connectivity index (χ3n) is 3.52. The summed E-state index contributed by atoms with van der Waals surface area (Å²) in [4.78, 5) is 12.7. The zero-order valence-corrected chi connectivity index (χ0v) is 10.4. The Morgan fingerprint density at radius 2 is 2.29 bits per heavy atom. The monoisotopic (exact) mass is 241 g/mol. The fraction of sp³-hybridized carbons (Fsp3) is 0.769. The van der Waals surface area contributed by atoms with E-state index in [1.54, 1.807) is 0 Å². The van der Waals surface area contributed by atoms with Gasteiger partial charge in [0, 0.05) is 18.4 Å². The van der Waals surface area contributed by atoms with Crippen molar-refractivity contribution in [2.45, 2.75) is 32.1 Å². The molecule has 0 aromatic rings. The molecule has 0 aromatic carbocycles. The number of aliphatic carboxylic acids is 1. The molecule has 1 aliphatic rings. The quantitative estimate of drug-likeness (QED) is 0.663. The minimum Gasteiger partial charge on any atom is -0.481 e. The maximum Gasteiger partial charge on any atom is 0.303 e. The summed E-state index contributed by atoms with van der Waals surface area (Å²) < 4.78 is 0. The van der Waals surface area contributed by atoms with Crippen molar-refractivity contribution in [3.8, 4) is 0 Å². The van der Waals surface area contributed by atoms with Gasteiger partial charge >= 0.3 is 5.97 Å². The number of nitrogens with zero attached hydrogens (tertiary/aromatic N) is 1. The van der Waals surface area contributed by atoms with Crippen LogP contribution in [0.25, 0.3) is 0 Å². The van der Waals surface area contributed by atoms with E-state index in [9.17, 15) is 9.90 Å². The lowest BCUT2D eigenvalue weighted by Gasteiger charge is -2.41. The van der Waals surface area contributed by atoms with Crippen molar-refractivity contribution in [3.05, 3.63) is 12.7 Å². The second-order valence-electron chi connectivity index (χ2n) is 5.03. The minimum atomic E-state index is -0.735. The lowest BCUT2D eigenvalue weighted by Crippen LogP contribution is -2.45. The molecule has 1 rings (SSSR count). The number of carboxylic acid groups (broad SMARTS) is 1. The number of likely N-dealkylation sites (tertiary alicyclic amines) is 1. The van der Waals surface area contributed by atoms with E-state index in [-0.39, 0.29) is 18.4 Å². The second-order valence-corrected chi connectivity index (χ2v) is 5.03. The molecule has 17 heavy (non-hydrogen) atoms. The van der Waals surface area contributed by atoms with Gasteiger partial charge in [0.25, 0.3) is 0 Å². The summed E-state index contributed by atoms with van der Waals surface area (Å²) in [5, 5.41) is 18.1. The van der Waals surface area contributed by atoms with Crippen LogP contribution in [-0.4, -0.2) is 47.3 Å². The first-order valence-electron chi connectivity index (χ1n) is 6.28. The second kappa shape index (κ2) is 6.77. The maximum atomic E-state index is 10.5. The smallest absolute Gasteiger partial charge is 0.303 e. The van der Waals surface area contributed by atoms with Crippen molar-refractivity contribution in [1.29, 1.82) is 0 Å². The standard InChI is InChI=1S/C13H23NO3/c1-2-6-13(11-15)7-4-9-14(10-13)8-3-5-12(16)17/h2,15H,1,3-11H2,(H,16,17)/t13-/m0/s1. The topological polar surface area (TPSA) is 60.8 Å². The number of carboxylic acids is 1. The zero-order chi connectivity index (χ0) is 12.7. The van der Waals surface area contributed by atoms with Gasteiger partial charge in [-0.3, -0.25) is 4.79 Å². The number of rotatable bonds is 7. The fourth-order valence-corrected chi connectivity index (χ4v) is 2.62. The van der Waals surface area contributed by atoms with Crippen LogP contribution >= 0.6 is 0 Å². The van der Waals surface area contributed by atoms with E-state index in [0.717, 1.165) is 38.9 Å². The molecule has 0 aromatic heterocycles. The van der Waals surface area contributed by atoms with E-state index in [4.69, 9.17) is 5.11 Å². The summed E-state index contributed by atoms with van der Waals surface area (Å²) >= 11 is 0. The van der Waals surface area contributed by atoms with E-state index in [1.807, 2.05) is 6.08 Å². The third kappa shape index (κ3) is 4.48. The minimum absolute atomic E-state index is 0.0524. The van der Waals surface area contributed by atoms with E-state index < -0.39 is 5.97 Å². The molecule has 1 atom stereocenters. The van der Waals surface area contributed by atoms with Crippen LogP contribution in [0.15, 0.2) is 12.7 Å². The van der Waals surface area contributed by atoms with Gasteiger partial charge in [-0.05, 0) is 38.8 Å². The summed E-state index contributed by atoms with van der Waals surface area (Å²) in [5.74, 6) is -0.735. The highest BCUT2D eigenvalue weighted by atomic mass is 16.4. The summed E-state index contributed by atoms with van der Waals surface area (Å²) in [5.41, 5.74) is -0.0524. The molecule has 0 radical (unpaired) electrons. The lowest BCUT2D eigenvalue weighted by atomic mass is 9.78. The molecule has 0 saturated carbocycles. The van der Waals surface area contributed by atoms with E-state index in [1.165, 1.54) is 0 Å². The molecular formula is C13H23NO3. The van der Waals surface area contributed by atoms with Crippen molar-refractivity contribution in [3.63, 3.8) is 0 Å². The van der Waals surface area contributed by atoms with Crippen LogP contribution in [0.1, 0.15) is 32.1 Å². The number of piperidine rings is 1. The molecule has 2 N–H and O–H groups in total. The van der Waals surface area contributed by atoms with Crippen LogP contribution in [0.3, 0.4) is 0 Å². The summed E-state index contributed by atoms with van der Waals surface area (Å²) in [6.07, 6.45) is 5.72. The van der Waals surface area contributed by atoms with Gasteiger partial charge < -0.3 is 15.1 Å². The van der Waals surface area contributed by atoms with Gasteiger partial charge in [-0.15, -0.1) is 6.58 Å². The Bertz CT molecular complexity index is 267. The van der Waals surface area contributed by atoms with Gasteiger partial charge in [0.15, 0.2) is 0 Å². The van der Waals surface area contributed by atoms with Crippen molar-refractivity contribution < 1.29 is 15.0 Å². The van der Waals surface area contributed by atoms with E-state index >= 15 is 0 Å². The summed E-state index contributed by atoms with van der Waals surface area (Å²) in [6.45, 7) is 6.62. The molecule has 1 saturated heterocycles. The zero-order valence-electron chi connectivity index (χ0n) is 10.4. The molecule has 0 spiro atoms. The van der Waals surface area contributed by atoms with Crippen molar-refractivity contribution in [1.82, 2.24) is 4.90 Å². The highest BCUT2D eigenvalue weighted by molar-refractivity contribution is 5.66. The molecule has 1 fully saturated rings. The molecule has 0 unspecified atom stereocenters. The van der Waals surface area contributed by atoms with Crippen LogP contribution in [0, 0.1) is 5.41 Å². The van der Waals surface area contributed by atoms with Crippen LogP contribution in [0.2, 0.25) is 0 Å². The molecular weight excluding hydrogens is 218 g/mol. The first-order chi connectivity index (χ1) is 8.12. The Morgan fingerprint density at radius 3 is 2.88 bits per heavy atom. The average molecular weight is 241 g/mol. The van der Waals surface area contributed by atoms with Gasteiger partial charge in [0.05, 0.1) is 6.61 Å². The number of allylic oxidation sites excluding steroid dienone is 1. The first-order valence-corrected chi connectivity index (χ1v) is 6.28. The summed E-state index contributed by atoms with van der Waals surface area (Å²) in [6, 6.07) is 0. The Morgan fingerprint density at radius 1 is 1.53 bits per heavy atom. The molecule has 0 amide bonds. The number of aliphatic hydroxyl groups excluding tert-OH is 1. The predicted molar refractivity (Wildman–Crippen MR) is 66.9 cm³/mol. The molecule has 4 nitrogen and oxygen atoms in total. The molecule has 1 aliphatic heterocycles.